The predicted octanol–water partition coefficient (Wildman–Crippen LogP) is 1.70. The van der Waals surface area contributed by atoms with Gasteiger partial charge in [0.15, 0.2) is 5.86 Å². The Labute approximate surface area is 39.0 Å². The molecule has 5 heavy (non-hydrogen) atoms. The number of halogens is 2. The van der Waals surface area contributed by atoms with Gasteiger partial charge in [-0.15, -0.1) is 0 Å². The molecule has 0 aromatic carbocycles. The van der Waals surface area contributed by atoms with E-state index in [1.165, 1.54) is 0 Å². The van der Waals surface area contributed by atoms with Gasteiger partial charge in [-0.3, -0.25) is 0 Å². The molecule has 0 saturated heterocycles. The molecule has 0 atom stereocenters. The minimum absolute atomic E-state index is 3.42. The van der Waals surface area contributed by atoms with Crippen molar-refractivity contribution < 1.29 is 8.39 Å². The lowest BCUT2D eigenvalue weighted by molar-refractivity contribution is 0.771. The van der Waals surface area contributed by atoms with Crippen molar-refractivity contribution >= 4 is 29.9 Å². The van der Waals surface area contributed by atoms with Crippen molar-refractivity contribution in [1.82, 2.24) is 0 Å². The topological polar surface area (TPSA) is 0 Å². The van der Waals surface area contributed by atoms with E-state index in [2.05, 4.69) is 24.1 Å². The van der Waals surface area contributed by atoms with Gasteiger partial charge in [-0.1, -0.05) is 11.8 Å². The van der Waals surface area contributed by atoms with Crippen LogP contribution in [-0.2, 0) is 24.1 Å². The van der Waals surface area contributed by atoms with Crippen LogP contribution in [0.25, 0.3) is 0 Å². The van der Waals surface area contributed by atoms with Gasteiger partial charge >= 0.3 is 0 Å². The molecule has 0 saturated carbocycles. The van der Waals surface area contributed by atoms with Crippen LogP contribution in [0.4, 0.5) is 8.39 Å². The average Bonchev–Trinajstić information content (AvgIpc) is 0.722. The Balaban J connectivity index is 3.47. The zero-order chi connectivity index (χ0) is 4.50. The van der Waals surface area contributed by atoms with Crippen molar-refractivity contribution in [2.75, 3.05) is 0 Å². The zero-order valence-electron chi connectivity index (χ0n) is 2.02. The van der Waals surface area contributed by atoms with E-state index in [0.29, 0.717) is 0 Å². The summed E-state index contributed by atoms with van der Waals surface area (Å²) >= 11 is 6.84. The fraction of sp³-hybridized carbons (Fsp3) is 0. The molecule has 0 aliphatic heterocycles. The lowest BCUT2D eigenvalue weighted by atomic mass is 18.8. The summed E-state index contributed by atoms with van der Waals surface area (Å²) < 4.78 is 21.5. The second kappa shape index (κ2) is 1.54. The molecule has 0 aromatic rings. The molecule has 0 N–H and O–H groups in total. The van der Waals surface area contributed by atoms with E-state index >= 15 is 0 Å². The van der Waals surface area contributed by atoms with Gasteiger partial charge in [0, 0.05) is 0 Å². The molecule has 0 heterocycles. The molecule has 0 aliphatic rings. The van der Waals surface area contributed by atoms with Gasteiger partial charge in [0.05, 0.1) is 0 Å². The van der Waals surface area contributed by atoms with Crippen molar-refractivity contribution in [3.63, 3.8) is 0 Å². The van der Waals surface area contributed by atoms with Gasteiger partial charge in [0.1, 0.15) is 0 Å². The second-order valence-corrected chi connectivity index (χ2v) is 4.69. The molecule has 0 nitrogen and oxygen atoms in total. The first-order chi connectivity index (χ1) is 2.00. The fourth-order valence-electron chi connectivity index (χ4n) is 0. The Morgan fingerprint density at radius 2 is 1.60 bits per heavy atom. The van der Waals surface area contributed by atoms with Crippen molar-refractivity contribution in [3.8, 4) is 0 Å². The molecule has 32 valence electrons. The maximum atomic E-state index is 10.8. The summed E-state index contributed by atoms with van der Waals surface area (Å²) in [6.45, 7) is 0. The van der Waals surface area contributed by atoms with Crippen LogP contribution >= 0.6 is 5.86 Å². The van der Waals surface area contributed by atoms with Crippen LogP contribution in [0.2, 0.25) is 0 Å². The maximum Gasteiger partial charge on any atom is 0.150 e. The Morgan fingerprint density at radius 3 is 1.60 bits per heavy atom. The van der Waals surface area contributed by atoms with E-state index in [1.807, 2.05) is 0 Å². The molecule has 0 aromatic heterocycles. The first-order valence-corrected chi connectivity index (χ1v) is 4.30. The lowest BCUT2D eigenvalue weighted by Crippen LogP contribution is -1.36. The van der Waals surface area contributed by atoms with Gasteiger partial charge in [0.2, 0.25) is 0 Å². The van der Waals surface area contributed by atoms with Crippen LogP contribution in [0.5, 0.6) is 0 Å². The van der Waals surface area contributed by atoms with Crippen molar-refractivity contribution in [1.29, 1.82) is 0 Å². The number of hydrogen-bond donors (Lipinski definition) is 0. The summed E-state index contributed by atoms with van der Waals surface area (Å²) in [6, 6.07) is 0. The summed E-state index contributed by atoms with van der Waals surface area (Å²) in [6.07, 6.45) is 0. The highest BCUT2D eigenvalue weighted by atomic mass is 32.9. The van der Waals surface area contributed by atoms with E-state index in [1.54, 1.807) is 0 Å². The molecule has 0 bridgehead atoms. The summed E-state index contributed by atoms with van der Waals surface area (Å²) in [4.78, 5) is 0. The third kappa shape index (κ3) is 53.7. The normalized spacial score (nSPS) is 11.8. The smallest absolute Gasteiger partial charge is 0.150 e. The molecular weight excluding hydrogens is 133 g/mol. The van der Waals surface area contributed by atoms with Crippen molar-refractivity contribution in [3.05, 3.63) is 0 Å². The van der Waals surface area contributed by atoms with Gasteiger partial charge in [-0.25, -0.2) is 8.39 Å². The molecule has 0 fully saturated rings. The molecule has 0 unspecified atom stereocenters. The Hall–Kier alpha value is 0.860. The zero-order valence-corrected chi connectivity index (χ0v) is 4.55. The highest BCUT2D eigenvalue weighted by molar-refractivity contribution is 8.51. The van der Waals surface area contributed by atoms with E-state index in [9.17, 15) is 8.39 Å². The molecular formula is F2PS2-. The molecule has 0 spiro atoms. The van der Waals surface area contributed by atoms with E-state index in [4.69, 9.17) is 0 Å². The van der Waals surface area contributed by atoms with Crippen LogP contribution in [0, 0.1) is 0 Å². The largest absolute Gasteiger partial charge is 0.681 e. The number of hydrogen-bond acceptors (Lipinski definition) is 2. The lowest BCUT2D eigenvalue weighted by Gasteiger charge is -1.99. The minimum Gasteiger partial charge on any atom is -0.681 e. The second-order valence-electron chi connectivity index (χ2n) is 0.414. The van der Waals surface area contributed by atoms with Gasteiger partial charge < -0.3 is 12.2 Å². The van der Waals surface area contributed by atoms with Crippen LogP contribution < -0.4 is 0 Å². The SMILES string of the molecule is FP(F)(=S)[S-]. The fourth-order valence-corrected chi connectivity index (χ4v) is 0. The van der Waals surface area contributed by atoms with E-state index in [-0.39, 0.29) is 0 Å². The summed E-state index contributed by atoms with van der Waals surface area (Å²) in [7, 11) is 0. The predicted molar refractivity (Wildman–Crippen MR) is 23.9 cm³/mol. The van der Waals surface area contributed by atoms with Gasteiger partial charge in [-0.2, -0.15) is 0 Å². The standard InChI is InChI=1S/F2HPS2/c1-3(2,4)5/h(H,4,5)/p-1. The third-order valence-corrected chi connectivity index (χ3v) is 0. The number of rotatable bonds is 0. The molecule has 0 radical (unpaired) electrons. The van der Waals surface area contributed by atoms with Crippen molar-refractivity contribution in [2.45, 2.75) is 0 Å². The van der Waals surface area contributed by atoms with Crippen molar-refractivity contribution in [2.24, 2.45) is 0 Å². The summed E-state index contributed by atoms with van der Waals surface area (Å²) in [5, 5.41) is 0. The van der Waals surface area contributed by atoms with E-state index in [0.717, 1.165) is 0 Å². The van der Waals surface area contributed by atoms with Crippen LogP contribution in [0.1, 0.15) is 0 Å². The van der Waals surface area contributed by atoms with E-state index < -0.39 is 5.86 Å². The van der Waals surface area contributed by atoms with Crippen LogP contribution in [-0.4, -0.2) is 0 Å². The minimum atomic E-state index is -4.22. The third-order valence-electron chi connectivity index (χ3n) is 0. The highest BCUT2D eigenvalue weighted by Gasteiger charge is 1.81. The Bertz CT molecular complexity index is 53.8. The summed E-state index contributed by atoms with van der Waals surface area (Å²) in [5.41, 5.74) is 0. The Morgan fingerprint density at radius 1 is 1.60 bits per heavy atom. The highest BCUT2D eigenvalue weighted by Crippen LogP contribution is 2.46. The molecule has 0 rings (SSSR count). The maximum absolute atomic E-state index is 10.8. The average molecular weight is 133 g/mol. The van der Waals surface area contributed by atoms with Crippen LogP contribution in [0.3, 0.4) is 0 Å². The monoisotopic (exact) mass is 133 g/mol. The van der Waals surface area contributed by atoms with Gasteiger partial charge in [-0.05, 0) is 0 Å². The Kier molecular flexibility index (Phi) is 1.80. The molecule has 0 aliphatic carbocycles. The first-order valence-electron chi connectivity index (χ1n) is 0.703. The summed E-state index contributed by atoms with van der Waals surface area (Å²) in [5.74, 6) is -4.22. The molecule has 0 amide bonds. The van der Waals surface area contributed by atoms with Crippen LogP contribution in [0.15, 0.2) is 0 Å². The molecule has 5 heteroatoms. The first kappa shape index (κ1) is 5.86. The quantitative estimate of drug-likeness (QED) is 0.364. The van der Waals surface area contributed by atoms with Gasteiger partial charge in [0.25, 0.3) is 0 Å².